The molecule has 0 radical (unpaired) electrons. The predicted octanol–water partition coefficient (Wildman–Crippen LogP) is 5.94. The van der Waals surface area contributed by atoms with Gasteiger partial charge in [0.1, 0.15) is 36.4 Å². The number of rotatable bonds is 12. The lowest BCUT2D eigenvalue weighted by Crippen LogP contribution is -2.61. The van der Waals surface area contributed by atoms with E-state index in [0.29, 0.717) is 24.1 Å². The Bertz CT molecular complexity index is 1910. The molecular formula is C41H55Cl3N6O9. The number of esters is 2. The van der Waals surface area contributed by atoms with Crippen LogP contribution in [0.15, 0.2) is 36.4 Å². The molecule has 2 aliphatic rings. The molecule has 4 rings (SSSR count). The first-order valence-electron chi connectivity index (χ1n) is 19.6. The van der Waals surface area contributed by atoms with Gasteiger partial charge < -0.3 is 29.7 Å². The van der Waals surface area contributed by atoms with Crippen molar-refractivity contribution >= 4 is 87.5 Å². The minimum atomic E-state index is -1.79. The zero-order valence-corrected chi connectivity index (χ0v) is 37.0. The second-order valence-corrected chi connectivity index (χ2v) is 18.9. The van der Waals surface area contributed by atoms with Gasteiger partial charge in [0.05, 0.1) is 16.6 Å². The van der Waals surface area contributed by atoms with Gasteiger partial charge in [-0.2, -0.15) is 0 Å². The molecule has 0 spiro atoms. The number of carbonyl (C=O) groups is 6. The lowest BCUT2D eigenvalue weighted by molar-refractivity contribution is -0.153. The molecular weight excluding hydrogens is 827 g/mol. The van der Waals surface area contributed by atoms with Crippen molar-refractivity contribution in [1.29, 1.82) is 0 Å². The molecule has 15 nitrogen and oxygen atoms in total. The standard InChI is InChI=1S/C41H55Cl3N6O9/c1-24(2)33(34(52)45-25(3)35(53)50-19-9-10-31(48-50)36(54)57-23-41(42,43)44)47-37(55)40(17-20-49(21-18-40)38(56)59-39(6,7)8)16-15-28-11-12-29-13-14-30(46-32(29)22-28)26(4)58-27(5)51/h11-16,22,24-26,31,33,48H,9-10,17-21,23H2,1-8H3,(H,45,52)(H,47,55). The van der Waals surface area contributed by atoms with Crippen LogP contribution >= 0.6 is 34.8 Å². The van der Waals surface area contributed by atoms with E-state index < -0.39 is 81.4 Å². The van der Waals surface area contributed by atoms with Crippen molar-refractivity contribution < 1.29 is 43.0 Å². The quantitative estimate of drug-likeness (QED) is 0.130. The highest BCUT2D eigenvalue weighted by atomic mass is 35.6. The molecule has 2 aliphatic heterocycles. The van der Waals surface area contributed by atoms with E-state index in [4.69, 9.17) is 54.0 Å². The Kier molecular flexibility index (Phi) is 16.0. The summed E-state index contributed by atoms with van der Waals surface area (Å²) in [6.45, 7) is 13.8. The molecule has 4 atom stereocenters. The molecule has 3 heterocycles. The molecule has 4 unspecified atom stereocenters. The number of hydrogen-bond donors (Lipinski definition) is 3. The number of nitrogens with zero attached hydrogens (tertiary/aromatic N) is 3. The summed E-state index contributed by atoms with van der Waals surface area (Å²) in [5.74, 6) is -2.99. The molecule has 2 aromatic rings. The van der Waals surface area contributed by atoms with Crippen LogP contribution in [0.2, 0.25) is 0 Å². The highest BCUT2D eigenvalue weighted by Gasteiger charge is 2.43. The Morgan fingerprint density at radius 2 is 1.64 bits per heavy atom. The van der Waals surface area contributed by atoms with Crippen LogP contribution in [0.4, 0.5) is 4.79 Å². The van der Waals surface area contributed by atoms with E-state index in [1.54, 1.807) is 58.6 Å². The number of carbonyl (C=O) groups excluding carboxylic acids is 6. The second kappa shape index (κ2) is 19.9. The summed E-state index contributed by atoms with van der Waals surface area (Å²) in [7, 11) is 0. The van der Waals surface area contributed by atoms with Crippen LogP contribution < -0.4 is 16.1 Å². The van der Waals surface area contributed by atoms with Gasteiger partial charge in [0, 0.05) is 31.9 Å². The summed E-state index contributed by atoms with van der Waals surface area (Å²) in [6, 6.07) is 6.43. The monoisotopic (exact) mass is 880 g/mol. The summed E-state index contributed by atoms with van der Waals surface area (Å²) in [5, 5.41) is 7.81. The normalized spacial score (nSPS) is 18.8. The molecule has 1 aromatic carbocycles. The van der Waals surface area contributed by atoms with Gasteiger partial charge in [0.15, 0.2) is 0 Å². The number of nitrogens with one attached hydrogen (secondary N) is 3. The third-order valence-corrected chi connectivity index (χ3v) is 10.3. The summed E-state index contributed by atoms with van der Waals surface area (Å²) in [5.41, 5.74) is 3.00. The molecule has 0 aliphatic carbocycles. The Balaban J connectivity index is 1.53. The van der Waals surface area contributed by atoms with E-state index in [1.165, 1.54) is 18.9 Å². The average Bonchev–Trinajstić information content (AvgIpc) is 3.16. The number of aromatic nitrogens is 1. The van der Waals surface area contributed by atoms with Gasteiger partial charge >= 0.3 is 18.0 Å². The van der Waals surface area contributed by atoms with Crippen molar-refractivity contribution in [2.75, 3.05) is 26.2 Å². The first-order valence-corrected chi connectivity index (χ1v) is 20.8. The number of pyridine rings is 1. The van der Waals surface area contributed by atoms with Crippen LogP contribution in [0.1, 0.15) is 98.4 Å². The van der Waals surface area contributed by atoms with Crippen molar-refractivity contribution in [2.45, 2.75) is 115 Å². The highest BCUT2D eigenvalue weighted by Crippen LogP contribution is 2.36. The smallest absolute Gasteiger partial charge is 0.410 e. The summed E-state index contributed by atoms with van der Waals surface area (Å²) in [4.78, 5) is 85.2. The van der Waals surface area contributed by atoms with E-state index in [1.807, 2.05) is 30.3 Å². The van der Waals surface area contributed by atoms with Gasteiger partial charge in [-0.3, -0.25) is 29.0 Å². The van der Waals surface area contributed by atoms with Crippen LogP contribution in [0.25, 0.3) is 17.0 Å². The van der Waals surface area contributed by atoms with Crippen LogP contribution in [0.5, 0.6) is 0 Å². The third-order valence-electron chi connectivity index (χ3n) is 9.93. The lowest BCUT2D eigenvalue weighted by atomic mass is 9.76. The molecule has 4 amide bonds. The number of amides is 4. The van der Waals surface area contributed by atoms with Crippen LogP contribution in [-0.2, 0) is 38.2 Å². The molecule has 59 heavy (non-hydrogen) atoms. The number of ether oxygens (including phenoxy) is 3. The average molecular weight is 882 g/mol. The Labute approximate surface area is 360 Å². The van der Waals surface area contributed by atoms with Gasteiger partial charge in [-0.25, -0.2) is 15.2 Å². The number of hydrogen-bond acceptors (Lipinski definition) is 11. The van der Waals surface area contributed by atoms with Crippen molar-refractivity contribution in [1.82, 2.24) is 31.0 Å². The van der Waals surface area contributed by atoms with E-state index in [9.17, 15) is 28.8 Å². The molecule has 1 aromatic heterocycles. The van der Waals surface area contributed by atoms with E-state index in [0.717, 1.165) is 10.9 Å². The minimum absolute atomic E-state index is 0.218. The van der Waals surface area contributed by atoms with Crippen molar-refractivity contribution in [3.63, 3.8) is 0 Å². The third kappa shape index (κ3) is 13.7. The molecule has 0 bridgehead atoms. The molecule has 3 N–H and O–H groups in total. The van der Waals surface area contributed by atoms with Crippen molar-refractivity contribution in [3.05, 3.63) is 47.7 Å². The summed E-state index contributed by atoms with van der Waals surface area (Å²) >= 11 is 17.1. The Hall–Kier alpha value is -4.18. The zero-order valence-electron chi connectivity index (χ0n) is 34.7. The SMILES string of the molecule is CC(=O)OC(C)c1ccc2ccc(C=CC3(C(=O)NC(C(=O)NC(C)C(=O)N4CCCC(C(=O)OCC(Cl)(Cl)Cl)N4)C(C)C)CCN(C(=O)OC(C)(C)C)CC3)cc2n1. The fraction of sp³-hybridized carbons (Fsp3) is 0.585. The molecule has 0 saturated carbocycles. The summed E-state index contributed by atoms with van der Waals surface area (Å²) in [6.07, 6.45) is 3.92. The Morgan fingerprint density at radius 3 is 2.25 bits per heavy atom. The van der Waals surface area contributed by atoms with Crippen LogP contribution in [0.3, 0.4) is 0 Å². The van der Waals surface area contributed by atoms with E-state index >= 15 is 0 Å². The largest absolute Gasteiger partial charge is 0.460 e. The number of benzene rings is 1. The first kappa shape index (κ1) is 47.5. The van der Waals surface area contributed by atoms with Gasteiger partial charge in [-0.1, -0.05) is 79.0 Å². The predicted molar refractivity (Wildman–Crippen MR) is 224 cm³/mol. The van der Waals surface area contributed by atoms with Gasteiger partial charge in [0.2, 0.25) is 15.6 Å². The van der Waals surface area contributed by atoms with Crippen molar-refractivity contribution in [3.8, 4) is 0 Å². The first-order chi connectivity index (χ1) is 27.5. The van der Waals surface area contributed by atoms with E-state index in [-0.39, 0.29) is 38.4 Å². The topological polar surface area (TPSA) is 186 Å². The number of hydrazine groups is 1. The fourth-order valence-electron chi connectivity index (χ4n) is 6.72. The molecule has 2 saturated heterocycles. The highest BCUT2D eigenvalue weighted by molar-refractivity contribution is 6.67. The number of fused-ring (bicyclic) bond motifs is 1. The van der Waals surface area contributed by atoms with Crippen molar-refractivity contribution in [2.24, 2.45) is 11.3 Å². The number of piperidine rings is 1. The maximum atomic E-state index is 14.5. The number of likely N-dealkylation sites (tertiary alicyclic amines) is 1. The zero-order chi connectivity index (χ0) is 43.9. The molecule has 18 heteroatoms. The van der Waals surface area contributed by atoms with Gasteiger partial charge in [-0.05, 0) is 83.9 Å². The fourth-order valence-corrected chi connectivity index (χ4v) is 6.88. The van der Waals surface area contributed by atoms with Crippen LogP contribution in [-0.4, -0.2) is 104 Å². The maximum absolute atomic E-state index is 14.5. The van der Waals surface area contributed by atoms with Gasteiger partial charge in [-0.15, -0.1) is 0 Å². The number of alkyl halides is 3. The minimum Gasteiger partial charge on any atom is -0.460 e. The van der Waals surface area contributed by atoms with E-state index in [2.05, 4.69) is 16.1 Å². The summed E-state index contributed by atoms with van der Waals surface area (Å²) < 4.78 is 14.2. The van der Waals surface area contributed by atoms with Gasteiger partial charge in [0.25, 0.3) is 5.91 Å². The molecule has 324 valence electrons. The molecule has 2 fully saturated rings. The second-order valence-electron chi connectivity index (χ2n) is 16.4. The number of halogens is 3. The maximum Gasteiger partial charge on any atom is 0.410 e. The van der Waals surface area contributed by atoms with Crippen LogP contribution in [0, 0.1) is 11.3 Å². The lowest BCUT2D eigenvalue weighted by Gasteiger charge is -2.40. The Morgan fingerprint density at radius 1 is 0.983 bits per heavy atom.